The lowest BCUT2D eigenvalue weighted by Crippen LogP contribution is -2.40. The van der Waals surface area contributed by atoms with Gasteiger partial charge in [0.05, 0.1) is 12.1 Å². The summed E-state index contributed by atoms with van der Waals surface area (Å²) in [7, 11) is 1.60. The Labute approximate surface area is 146 Å². The summed E-state index contributed by atoms with van der Waals surface area (Å²) in [4.78, 5) is 26.0. The number of hydrogen-bond acceptors (Lipinski definition) is 3. The average Bonchev–Trinajstić information content (AvgIpc) is 2.82. The molecule has 1 aliphatic heterocycles. The Morgan fingerprint density at radius 1 is 1.08 bits per heavy atom. The van der Waals surface area contributed by atoms with Gasteiger partial charge in [-0.1, -0.05) is 66.8 Å². The minimum atomic E-state index is -1.80. The zero-order valence-corrected chi connectivity index (χ0v) is 13.9. The van der Waals surface area contributed by atoms with Gasteiger partial charge in [-0.2, -0.15) is 0 Å². The summed E-state index contributed by atoms with van der Waals surface area (Å²) in [6, 6.07) is 16.7. The summed E-state index contributed by atoms with van der Waals surface area (Å²) in [5.74, 6) is -0.783. The number of rotatable bonds is 5. The maximum Gasteiger partial charge on any atom is 0.263 e. The molecule has 1 heterocycles. The van der Waals surface area contributed by atoms with Crippen LogP contribution in [0.4, 0.5) is 5.69 Å². The first-order valence-corrected chi connectivity index (χ1v) is 8.05. The molecular weight excluding hydrogens is 314 g/mol. The third-order valence-electron chi connectivity index (χ3n) is 4.28. The Morgan fingerprint density at radius 2 is 1.76 bits per heavy atom. The second kappa shape index (κ2) is 6.87. The van der Waals surface area contributed by atoms with Crippen LogP contribution in [-0.4, -0.2) is 23.8 Å². The molecular formula is C21H19NO3. The van der Waals surface area contributed by atoms with E-state index >= 15 is 0 Å². The van der Waals surface area contributed by atoms with Crippen LogP contribution in [0.5, 0.6) is 0 Å². The van der Waals surface area contributed by atoms with Gasteiger partial charge in [0.15, 0.2) is 11.4 Å². The molecule has 4 heteroatoms. The third-order valence-corrected chi connectivity index (χ3v) is 4.28. The highest BCUT2D eigenvalue weighted by atomic mass is 16.3. The number of amides is 1. The summed E-state index contributed by atoms with van der Waals surface area (Å²) in [6.45, 7) is 0. The van der Waals surface area contributed by atoms with Gasteiger partial charge in [0.1, 0.15) is 0 Å². The molecule has 1 atom stereocenters. The van der Waals surface area contributed by atoms with Gasteiger partial charge in [0.2, 0.25) is 0 Å². The van der Waals surface area contributed by atoms with Crippen LogP contribution in [0.15, 0.2) is 72.8 Å². The van der Waals surface area contributed by atoms with Crippen LogP contribution in [0.3, 0.4) is 0 Å². The molecule has 2 aromatic rings. The van der Waals surface area contributed by atoms with Crippen LogP contribution in [0.25, 0.3) is 6.08 Å². The number of carbonyl (C=O) groups excluding carboxylic acids is 2. The summed E-state index contributed by atoms with van der Waals surface area (Å²) in [5.41, 5.74) is 0.343. The topological polar surface area (TPSA) is 57.6 Å². The number of anilines is 1. The van der Waals surface area contributed by atoms with Crippen LogP contribution >= 0.6 is 0 Å². The molecule has 1 N–H and O–H groups in total. The van der Waals surface area contributed by atoms with Crippen LogP contribution < -0.4 is 4.90 Å². The normalized spacial score (nSPS) is 19.8. The molecule has 0 aliphatic carbocycles. The van der Waals surface area contributed by atoms with E-state index in [1.54, 1.807) is 43.5 Å². The molecule has 3 rings (SSSR count). The minimum absolute atomic E-state index is 0.275. The number of allylic oxidation sites excluding steroid dienone is 3. The quantitative estimate of drug-likeness (QED) is 0.676. The van der Waals surface area contributed by atoms with E-state index in [1.807, 2.05) is 36.4 Å². The Kier molecular flexibility index (Phi) is 4.63. The van der Waals surface area contributed by atoms with E-state index in [2.05, 4.69) is 0 Å². The smallest absolute Gasteiger partial charge is 0.263 e. The molecule has 1 aliphatic rings. The predicted molar refractivity (Wildman–Crippen MR) is 98.0 cm³/mol. The number of fused-ring (bicyclic) bond motifs is 1. The van der Waals surface area contributed by atoms with E-state index in [0.717, 1.165) is 5.56 Å². The first kappa shape index (κ1) is 16.9. The van der Waals surface area contributed by atoms with Crippen molar-refractivity contribution < 1.29 is 14.7 Å². The van der Waals surface area contributed by atoms with Gasteiger partial charge in [0, 0.05) is 12.6 Å². The molecule has 1 unspecified atom stereocenters. The maximum absolute atomic E-state index is 12.4. The molecule has 0 spiro atoms. The fourth-order valence-electron chi connectivity index (χ4n) is 2.99. The van der Waals surface area contributed by atoms with Crippen molar-refractivity contribution in [2.75, 3.05) is 11.9 Å². The fourth-order valence-corrected chi connectivity index (χ4v) is 2.99. The number of carbonyl (C=O) groups is 2. The van der Waals surface area contributed by atoms with Gasteiger partial charge >= 0.3 is 0 Å². The molecule has 25 heavy (non-hydrogen) atoms. The minimum Gasteiger partial charge on any atom is -0.375 e. The van der Waals surface area contributed by atoms with E-state index in [9.17, 15) is 14.7 Å². The van der Waals surface area contributed by atoms with Crippen LogP contribution in [0.2, 0.25) is 0 Å². The number of likely N-dealkylation sites (N-methyl/N-ethyl adjacent to an activating group) is 1. The summed E-state index contributed by atoms with van der Waals surface area (Å²) >= 11 is 0. The molecule has 0 fully saturated rings. The number of ketones is 1. The Balaban J connectivity index is 1.71. The van der Waals surface area contributed by atoms with Crippen molar-refractivity contribution in [1.29, 1.82) is 0 Å². The van der Waals surface area contributed by atoms with Crippen molar-refractivity contribution in [3.8, 4) is 0 Å². The number of aliphatic hydroxyl groups is 1. The Bertz CT molecular complexity index is 854. The SMILES string of the molecule is CN1C(=O)C(O)(CC(=O)C=CC=Cc2ccccc2)c2ccccc21. The second-order valence-electron chi connectivity index (χ2n) is 6.01. The van der Waals surface area contributed by atoms with E-state index in [1.165, 1.54) is 11.0 Å². The first-order chi connectivity index (χ1) is 12.0. The number of hydrogen-bond donors (Lipinski definition) is 1. The predicted octanol–water partition coefficient (Wildman–Crippen LogP) is 3.08. The van der Waals surface area contributed by atoms with Crippen LogP contribution in [0, 0.1) is 0 Å². The van der Waals surface area contributed by atoms with E-state index < -0.39 is 11.5 Å². The number of benzene rings is 2. The molecule has 0 aromatic heterocycles. The summed E-state index contributed by atoms with van der Waals surface area (Å²) < 4.78 is 0. The molecule has 2 aromatic carbocycles. The van der Waals surface area contributed by atoms with Crippen molar-refractivity contribution in [2.24, 2.45) is 0 Å². The first-order valence-electron chi connectivity index (χ1n) is 8.05. The standard InChI is InChI=1S/C21H19NO3/c1-22-19-14-8-7-13-18(19)21(25,20(22)24)15-17(23)12-6-5-11-16-9-3-2-4-10-16/h2-14,25H,15H2,1H3. The monoisotopic (exact) mass is 333 g/mol. The maximum atomic E-state index is 12.4. The van der Waals surface area contributed by atoms with Crippen molar-refractivity contribution in [3.05, 3.63) is 84.0 Å². The molecule has 0 saturated heterocycles. The molecule has 0 bridgehead atoms. The zero-order valence-electron chi connectivity index (χ0n) is 13.9. The van der Waals surface area contributed by atoms with Gasteiger partial charge in [-0.25, -0.2) is 0 Å². The highest BCUT2D eigenvalue weighted by Crippen LogP contribution is 2.41. The summed E-state index contributed by atoms with van der Waals surface area (Å²) in [6.07, 6.45) is 6.36. The number of para-hydroxylation sites is 1. The molecule has 126 valence electrons. The molecule has 1 amide bonds. The highest BCUT2D eigenvalue weighted by Gasteiger charge is 2.49. The molecule has 4 nitrogen and oxygen atoms in total. The van der Waals surface area contributed by atoms with Crippen molar-refractivity contribution in [1.82, 2.24) is 0 Å². The van der Waals surface area contributed by atoms with Crippen LogP contribution in [-0.2, 0) is 15.2 Å². The zero-order chi connectivity index (χ0) is 17.9. The Morgan fingerprint density at radius 3 is 2.52 bits per heavy atom. The van der Waals surface area contributed by atoms with Crippen molar-refractivity contribution in [3.63, 3.8) is 0 Å². The van der Waals surface area contributed by atoms with E-state index in [4.69, 9.17) is 0 Å². The van der Waals surface area contributed by atoms with E-state index in [-0.39, 0.29) is 12.2 Å². The molecule has 0 saturated carbocycles. The Hall–Kier alpha value is -2.98. The lowest BCUT2D eigenvalue weighted by molar-refractivity contribution is -0.140. The second-order valence-corrected chi connectivity index (χ2v) is 6.01. The third kappa shape index (κ3) is 3.30. The van der Waals surface area contributed by atoms with Crippen molar-refractivity contribution in [2.45, 2.75) is 12.0 Å². The average molecular weight is 333 g/mol. The van der Waals surface area contributed by atoms with E-state index in [0.29, 0.717) is 11.3 Å². The number of nitrogens with zero attached hydrogens (tertiary/aromatic N) is 1. The largest absolute Gasteiger partial charge is 0.375 e. The van der Waals surface area contributed by atoms with Gasteiger partial charge in [0.25, 0.3) is 5.91 Å². The molecule has 0 radical (unpaired) electrons. The van der Waals surface area contributed by atoms with Gasteiger partial charge in [-0.3, -0.25) is 9.59 Å². The lowest BCUT2D eigenvalue weighted by atomic mass is 9.90. The summed E-state index contributed by atoms with van der Waals surface area (Å²) in [5, 5.41) is 10.8. The van der Waals surface area contributed by atoms with Gasteiger partial charge < -0.3 is 10.0 Å². The van der Waals surface area contributed by atoms with Crippen LogP contribution in [0.1, 0.15) is 17.5 Å². The lowest BCUT2D eigenvalue weighted by Gasteiger charge is -2.20. The van der Waals surface area contributed by atoms with Crippen molar-refractivity contribution >= 4 is 23.5 Å². The highest BCUT2D eigenvalue weighted by molar-refractivity contribution is 6.09. The van der Waals surface area contributed by atoms with Gasteiger partial charge in [-0.15, -0.1) is 0 Å². The van der Waals surface area contributed by atoms with Gasteiger partial charge in [-0.05, 0) is 17.7 Å². The fraction of sp³-hybridized carbons (Fsp3) is 0.143.